The Bertz CT molecular complexity index is 921. The molecule has 0 saturated carbocycles. The van der Waals surface area contributed by atoms with Crippen LogP contribution in [0.15, 0.2) is 63.2 Å². The summed E-state index contributed by atoms with van der Waals surface area (Å²) >= 11 is 3.36. The Kier molecular flexibility index (Phi) is 7.01. The number of aliphatic imine (C=N–C) groups is 1. The number of carbonyl (C=O) groups is 2. The minimum Gasteiger partial charge on any atom is -0.322 e. The zero-order valence-corrected chi connectivity index (χ0v) is 16.7. The fraction of sp³-hybridized carbons (Fsp3) is 0.150. The molecule has 2 aromatic carbocycles. The number of carbonyl (C=O) groups excluding carboxylic acids is 2. The summed E-state index contributed by atoms with van der Waals surface area (Å²) in [5, 5.41) is 5.40. The first-order valence-corrected chi connectivity index (χ1v) is 8.95. The summed E-state index contributed by atoms with van der Waals surface area (Å²) in [6.07, 6.45) is 1.44. The zero-order chi connectivity index (χ0) is 20.0. The summed E-state index contributed by atoms with van der Waals surface area (Å²) < 4.78 is 13.8. The summed E-state index contributed by atoms with van der Waals surface area (Å²) in [4.78, 5) is 29.2. The standard InChI is InChI=1S/C20H19BrFN3O2/c1-4-23-18(20(27)25-17-11-14(21)6-5-12(17)2)13(3)19(26)24-16-9-7-15(22)8-10-16/h4-11H,1-3H3,(H,24,26)(H,25,27)/b18-13+,23-4?. The van der Waals surface area contributed by atoms with Crippen LogP contribution in [-0.2, 0) is 9.59 Å². The Labute approximate surface area is 165 Å². The lowest BCUT2D eigenvalue weighted by atomic mass is 10.1. The maximum atomic E-state index is 13.0. The smallest absolute Gasteiger partial charge is 0.274 e. The first-order valence-electron chi connectivity index (χ1n) is 8.15. The number of halogens is 2. The van der Waals surface area contributed by atoms with Gasteiger partial charge in [-0.2, -0.15) is 0 Å². The third kappa shape index (κ3) is 5.59. The van der Waals surface area contributed by atoms with E-state index in [0.717, 1.165) is 10.0 Å². The highest BCUT2D eigenvalue weighted by molar-refractivity contribution is 9.10. The molecule has 0 aliphatic rings. The number of anilines is 2. The molecule has 0 aliphatic heterocycles. The van der Waals surface area contributed by atoms with Crippen LogP contribution in [0, 0.1) is 12.7 Å². The van der Waals surface area contributed by atoms with Gasteiger partial charge in [-0.25, -0.2) is 4.39 Å². The van der Waals surface area contributed by atoms with Crippen LogP contribution in [0.25, 0.3) is 0 Å². The average molecular weight is 432 g/mol. The largest absolute Gasteiger partial charge is 0.322 e. The van der Waals surface area contributed by atoms with Gasteiger partial charge in [-0.3, -0.25) is 14.6 Å². The number of nitrogens with zero attached hydrogens (tertiary/aromatic N) is 1. The Morgan fingerprint density at radius 2 is 1.74 bits per heavy atom. The summed E-state index contributed by atoms with van der Waals surface area (Å²) in [5.41, 5.74) is 2.05. The van der Waals surface area contributed by atoms with E-state index in [9.17, 15) is 14.0 Å². The van der Waals surface area contributed by atoms with Crippen LogP contribution in [0.4, 0.5) is 15.8 Å². The second-order valence-corrected chi connectivity index (χ2v) is 6.65. The van der Waals surface area contributed by atoms with E-state index in [1.54, 1.807) is 13.0 Å². The fourth-order valence-corrected chi connectivity index (χ4v) is 2.59. The van der Waals surface area contributed by atoms with Crippen molar-refractivity contribution in [1.29, 1.82) is 0 Å². The van der Waals surface area contributed by atoms with Gasteiger partial charge in [-0.1, -0.05) is 22.0 Å². The van der Waals surface area contributed by atoms with Gasteiger partial charge in [-0.15, -0.1) is 0 Å². The third-order valence-corrected chi connectivity index (χ3v) is 4.21. The molecule has 27 heavy (non-hydrogen) atoms. The molecule has 0 heterocycles. The first kappa shape index (κ1) is 20.5. The van der Waals surface area contributed by atoms with Gasteiger partial charge in [0.2, 0.25) is 0 Å². The van der Waals surface area contributed by atoms with Gasteiger partial charge in [0.15, 0.2) is 0 Å². The molecule has 0 aliphatic carbocycles. The van der Waals surface area contributed by atoms with Crippen LogP contribution < -0.4 is 10.6 Å². The summed E-state index contributed by atoms with van der Waals surface area (Å²) in [6, 6.07) is 10.9. The number of rotatable bonds is 5. The van der Waals surface area contributed by atoms with Crippen molar-refractivity contribution in [2.45, 2.75) is 20.8 Å². The van der Waals surface area contributed by atoms with Crippen LogP contribution in [0.3, 0.4) is 0 Å². The molecular weight excluding hydrogens is 413 g/mol. The monoisotopic (exact) mass is 431 g/mol. The van der Waals surface area contributed by atoms with Crippen molar-refractivity contribution < 1.29 is 14.0 Å². The summed E-state index contributed by atoms with van der Waals surface area (Å²) in [6.45, 7) is 5.03. The van der Waals surface area contributed by atoms with E-state index < -0.39 is 17.6 Å². The normalized spacial score (nSPS) is 11.9. The van der Waals surface area contributed by atoms with Crippen molar-refractivity contribution in [3.05, 3.63) is 69.6 Å². The topological polar surface area (TPSA) is 70.6 Å². The number of amides is 2. The number of benzene rings is 2. The van der Waals surface area contributed by atoms with Crippen LogP contribution in [0.2, 0.25) is 0 Å². The number of nitrogens with one attached hydrogen (secondary N) is 2. The Hall–Kier alpha value is -2.80. The van der Waals surface area contributed by atoms with E-state index in [2.05, 4.69) is 31.6 Å². The van der Waals surface area contributed by atoms with E-state index in [1.807, 2.05) is 19.1 Å². The number of hydrogen-bond acceptors (Lipinski definition) is 3. The maximum Gasteiger partial charge on any atom is 0.274 e. The minimum atomic E-state index is -0.499. The molecule has 140 valence electrons. The molecule has 0 unspecified atom stereocenters. The van der Waals surface area contributed by atoms with Crippen molar-refractivity contribution in [1.82, 2.24) is 0 Å². The van der Waals surface area contributed by atoms with Crippen LogP contribution in [-0.4, -0.2) is 18.0 Å². The fourth-order valence-electron chi connectivity index (χ4n) is 2.23. The molecule has 0 bridgehead atoms. The van der Waals surface area contributed by atoms with E-state index in [1.165, 1.54) is 37.4 Å². The van der Waals surface area contributed by atoms with Crippen molar-refractivity contribution >= 4 is 45.3 Å². The van der Waals surface area contributed by atoms with Gasteiger partial charge in [0.25, 0.3) is 11.8 Å². The molecule has 5 nitrogen and oxygen atoms in total. The first-order chi connectivity index (χ1) is 12.8. The highest BCUT2D eigenvalue weighted by Gasteiger charge is 2.18. The molecule has 0 aromatic heterocycles. The number of aryl methyl sites for hydroxylation is 1. The van der Waals surface area contributed by atoms with E-state index >= 15 is 0 Å². The van der Waals surface area contributed by atoms with E-state index in [-0.39, 0.29) is 11.3 Å². The molecule has 0 spiro atoms. The quantitative estimate of drug-likeness (QED) is 0.525. The van der Waals surface area contributed by atoms with Crippen LogP contribution >= 0.6 is 15.9 Å². The second-order valence-electron chi connectivity index (χ2n) is 5.74. The van der Waals surface area contributed by atoms with Crippen molar-refractivity contribution in [2.24, 2.45) is 4.99 Å². The minimum absolute atomic E-state index is 0.00325. The molecule has 0 atom stereocenters. The van der Waals surface area contributed by atoms with Crippen molar-refractivity contribution in [2.75, 3.05) is 10.6 Å². The summed E-state index contributed by atoms with van der Waals surface area (Å²) in [7, 11) is 0. The average Bonchev–Trinajstić information content (AvgIpc) is 2.64. The Balaban J connectivity index is 2.27. The van der Waals surface area contributed by atoms with Crippen molar-refractivity contribution in [3.8, 4) is 0 Å². The summed E-state index contributed by atoms with van der Waals surface area (Å²) in [5.74, 6) is -1.40. The highest BCUT2D eigenvalue weighted by atomic mass is 79.9. The molecule has 2 N–H and O–H groups in total. The Morgan fingerprint density at radius 1 is 1.07 bits per heavy atom. The predicted molar refractivity (Wildman–Crippen MR) is 109 cm³/mol. The molecule has 7 heteroatoms. The van der Waals surface area contributed by atoms with Crippen molar-refractivity contribution in [3.63, 3.8) is 0 Å². The van der Waals surface area contributed by atoms with Gasteiger partial charge in [0, 0.05) is 27.6 Å². The van der Waals surface area contributed by atoms with Crippen LogP contribution in [0.1, 0.15) is 19.4 Å². The third-order valence-electron chi connectivity index (χ3n) is 3.72. The van der Waals surface area contributed by atoms with Gasteiger partial charge in [-0.05, 0) is 62.7 Å². The lowest BCUT2D eigenvalue weighted by Crippen LogP contribution is -2.21. The molecule has 2 rings (SSSR count). The van der Waals surface area contributed by atoms with Crippen LogP contribution in [0.5, 0.6) is 0 Å². The highest BCUT2D eigenvalue weighted by Crippen LogP contribution is 2.22. The zero-order valence-electron chi connectivity index (χ0n) is 15.1. The maximum absolute atomic E-state index is 13.0. The second kappa shape index (κ2) is 9.23. The molecule has 0 saturated heterocycles. The number of hydrogen-bond donors (Lipinski definition) is 2. The molecule has 2 aromatic rings. The molecule has 2 amide bonds. The Morgan fingerprint density at radius 3 is 2.37 bits per heavy atom. The molecule has 0 fully saturated rings. The predicted octanol–water partition coefficient (Wildman–Crippen LogP) is 4.84. The van der Waals surface area contributed by atoms with E-state index in [0.29, 0.717) is 11.4 Å². The molecular formula is C20H19BrFN3O2. The van der Waals surface area contributed by atoms with Gasteiger partial charge in [0.05, 0.1) is 0 Å². The van der Waals surface area contributed by atoms with Gasteiger partial charge in [0.1, 0.15) is 11.5 Å². The SMILES string of the molecule is CC=N/C(C(=O)Nc1cc(Br)ccc1C)=C(\C)C(=O)Nc1ccc(F)cc1. The van der Waals surface area contributed by atoms with Gasteiger partial charge >= 0.3 is 0 Å². The van der Waals surface area contributed by atoms with E-state index in [4.69, 9.17) is 0 Å². The lowest BCUT2D eigenvalue weighted by Gasteiger charge is -2.12. The van der Waals surface area contributed by atoms with Gasteiger partial charge < -0.3 is 10.6 Å². The molecule has 0 radical (unpaired) electrons. The lowest BCUT2D eigenvalue weighted by molar-refractivity contribution is -0.115.